The van der Waals surface area contributed by atoms with Crippen molar-refractivity contribution >= 4 is 27.7 Å². The van der Waals surface area contributed by atoms with Gasteiger partial charge in [0.2, 0.25) is 25.1 Å². The second kappa shape index (κ2) is 15.7. The summed E-state index contributed by atoms with van der Waals surface area (Å²) in [6, 6.07) is 9.99. The van der Waals surface area contributed by atoms with E-state index in [0.717, 1.165) is 0 Å². The summed E-state index contributed by atoms with van der Waals surface area (Å²) in [5, 5.41) is 17.4. The van der Waals surface area contributed by atoms with Gasteiger partial charge in [0.1, 0.15) is 6.10 Å². The van der Waals surface area contributed by atoms with E-state index in [-0.39, 0.29) is 106 Å². The van der Waals surface area contributed by atoms with E-state index >= 15 is 0 Å². The average molecular weight is 772 g/mol. The minimum absolute atomic E-state index is 0.0242. The number of fused-ring (bicyclic) bond motifs is 2. The van der Waals surface area contributed by atoms with E-state index in [4.69, 9.17) is 42.6 Å². The molecule has 0 saturated carbocycles. The molecule has 0 saturated heterocycles. The molecule has 19 nitrogen and oxygen atoms in total. The van der Waals surface area contributed by atoms with Crippen LogP contribution in [0.5, 0.6) is 40.4 Å². The van der Waals surface area contributed by atoms with Gasteiger partial charge in [0.05, 0.1) is 55.5 Å². The number of benzene rings is 3. The van der Waals surface area contributed by atoms with Crippen molar-refractivity contribution in [3.63, 3.8) is 0 Å². The topological polar surface area (TPSA) is 233 Å². The second-order valence-corrected chi connectivity index (χ2v) is 13.3. The van der Waals surface area contributed by atoms with Crippen molar-refractivity contribution in [2.75, 3.05) is 48.1 Å². The molecule has 4 aromatic rings. The Balaban J connectivity index is 1.13. The predicted molar refractivity (Wildman–Crippen MR) is 179 cm³/mol. The molecule has 286 valence electrons. The van der Waals surface area contributed by atoms with Crippen LogP contribution in [0.3, 0.4) is 0 Å². The molecule has 20 heteroatoms. The van der Waals surface area contributed by atoms with E-state index < -0.39 is 44.7 Å². The van der Waals surface area contributed by atoms with Crippen LogP contribution in [-0.4, -0.2) is 85.6 Å². The van der Waals surface area contributed by atoms with E-state index in [0.29, 0.717) is 0 Å². The number of esters is 2. The number of hydrogen-bond donors (Lipinski definition) is 1. The number of aromatic nitrogens is 2. The van der Waals surface area contributed by atoms with Crippen LogP contribution in [0.2, 0.25) is 0 Å². The van der Waals surface area contributed by atoms with Crippen molar-refractivity contribution in [2.24, 2.45) is 0 Å². The van der Waals surface area contributed by atoms with E-state index in [1.165, 1.54) is 57.7 Å². The summed E-state index contributed by atoms with van der Waals surface area (Å²) in [5.41, 5.74) is 0.169. The average Bonchev–Trinajstić information content (AvgIpc) is 3.94. The summed E-state index contributed by atoms with van der Waals surface area (Å²) >= 11 is 0. The normalized spacial score (nSPS) is 13.2. The first-order valence-electron chi connectivity index (χ1n) is 16.1. The molecular weight excluding hydrogens is 738 g/mol. The Kier molecular flexibility index (Phi) is 10.8. The fraction of sp³-hybridized carbons (Fsp3) is 0.324. The first kappa shape index (κ1) is 37.3. The lowest BCUT2D eigenvalue weighted by molar-refractivity contribution is -0.832. The molecule has 54 heavy (non-hydrogen) atoms. The number of sulfone groups is 1. The summed E-state index contributed by atoms with van der Waals surface area (Å²) in [4.78, 5) is 39.2. The summed E-state index contributed by atoms with van der Waals surface area (Å²) in [6.45, 7) is 0.783. The fourth-order valence-electron chi connectivity index (χ4n) is 5.60. The zero-order chi connectivity index (χ0) is 38.6. The number of nitrogens with zero attached hydrogens (tertiary/aromatic N) is 2. The number of rotatable bonds is 15. The first-order valence-corrected chi connectivity index (χ1v) is 17.6. The third-order valence-corrected chi connectivity index (χ3v) is 9.85. The van der Waals surface area contributed by atoms with Gasteiger partial charge in [0, 0.05) is 24.1 Å². The van der Waals surface area contributed by atoms with Gasteiger partial charge in [0.25, 0.3) is 15.7 Å². The standard InChI is InChI=1S/C34H33N3O16S/c1-18(11-13-47-32-33(37(41)53-36-32)54(42,43)19-8-6-5-7-9-19)52-24(38)10-12-35-31(39)20-14-22(44-2)27-29(50-16-48-27)25(20)26-21(34(40)46-4)15-23(45-3)28-30(26)51-17-49-28/h5-9,14-15,18H,10-13,16-17H2,1-4H3,(H,35,39). The van der Waals surface area contributed by atoms with Gasteiger partial charge in [-0.1, -0.05) is 18.2 Å². The number of hydrogen-bond acceptors (Lipinski definition) is 17. The summed E-state index contributed by atoms with van der Waals surface area (Å²) in [6.07, 6.45) is -0.903. The molecule has 6 rings (SSSR count). The van der Waals surface area contributed by atoms with Crippen molar-refractivity contribution < 1.29 is 75.0 Å². The lowest BCUT2D eigenvalue weighted by Gasteiger charge is -2.19. The molecule has 0 aliphatic carbocycles. The smallest absolute Gasteiger partial charge is 0.414 e. The summed E-state index contributed by atoms with van der Waals surface area (Å²) in [7, 11) is -0.358. The van der Waals surface area contributed by atoms with Crippen LogP contribution >= 0.6 is 0 Å². The Labute approximate surface area is 306 Å². The highest BCUT2D eigenvalue weighted by Gasteiger charge is 2.38. The van der Waals surface area contributed by atoms with Gasteiger partial charge in [-0.25, -0.2) is 13.2 Å². The Morgan fingerprint density at radius 2 is 1.50 bits per heavy atom. The molecule has 1 N–H and O–H groups in total. The number of methoxy groups -OCH3 is 3. The maximum Gasteiger partial charge on any atom is 0.414 e. The van der Waals surface area contributed by atoms with Gasteiger partial charge in [-0.3, -0.25) is 14.2 Å². The van der Waals surface area contributed by atoms with E-state index in [1.54, 1.807) is 13.0 Å². The largest absolute Gasteiger partial charge is 0.493 e. The fourth-order valence-corrected chi connectivity index (χ4v) is 6.90. The molecule has 2 aliphatic heterocycles. The highest BCUT2D eigenvalue weighted by Crippen LogP contribution is 2.56. The quantitative estimate of drug-likeness (QED) is 0.135. The van der Waals surface area contributed by atoms with Crippen LogP contribution in [0.25, 0.3) is 11.1 Å². The Bertz CT molecular complexity index is 2190. The molecule has 2 aliphatic rings. The monoisotopic (exact) mass is 771 g/mol. The molecule has 0 bridgehead atoms. The maximum absolute atomic E-state index is 13.8. The number of carbonyl (C=O) groups excluding carboxylic acids is 3. The summed E-state index contributed by atoms with van der Waals surface area (Å²) < 4.78 is 79.9. The highest BCUT2D eigenvalue weighted by atomic mass is 32.2. The lowest BCUT2D eigenvalue weighted by atomic mass is 9.91. The number of carbonyl (C=O) groups is 3. The minimum atomic E-state index is -4.31. The van der Waals surface area contributed by atoms with Gasteiger partial charge in [0.15, 0.2) is 23.0 Å². The zero-order valence-electron chi connectivity index (χ0n) is 29.2. The van der Waals surface area contributed by atoms with Gasteiger partial charge in [-0.15, -0.1) is 0 Å². The molecule has 1 unspecified atom stereocenters. The van der Waals surface area contributed by atoms with Crippen LogP contribution in [0.15, 0.2) is 57.0 Å². The number of ether oxygens (including phenoxy) is 9. The molecule has 0 spiro atoms. The molecule has 1 amide bonds. The SMILES string of the molecule is COC(=O)c1cc(OC)c2c(c1-c1c(C(=O)NCCC(=O)OC(C)CCOc3no[n+]([O-])c3S(=O)(=O)c3ccccc3)cc(OC)c3c1OCO3)OCO2. The van der Waals surface area contributed by atoms with Gasteiger partial charge < -0.3 is 53.2 Å². The first-order chi connectivity index (χ1) is 26.0. The van der Waals surface area contributed by atoms with Crippen molar-refractivity contribution in [3.8, 4) is 51.5 Å². The molecular formula is C34H33N3O16S. The Morgan fingerprint density at radius 3 is 2.11 bits per heavy atom. The zero-order valence-corrected chi connectivity index (χ0v) is 30.0. The van der Waals surface area contributed by atoms with Crippen molar-refractivity contribution in [2.45, 2.75) is 35.8 Å². The van der Waals surface area contributed by atoms with Crippen molar-refractivity contribution in [1.82, 2.24) is 10.5 Å². The van der Waals surface area contributed by atoms with Crippen LogP contribution < -0.4 is 43.4 Å². The molecule has 1 aromatic heterocycles. The van der Waals surface area contributed by atoms with Crippen molar-refractivity contribution in [1.29, 1.82) is 0 Å². The predicted octanol–water partition coefficient (Wildman–Crippen LogP) is 2.59. The van der Waals surface area contributed by atoms with Gasteiger partial charge >= 0.3 is 22.8 Å². The van der Waals surface area contributed by atoms with Crippen LogP contribution in [0, 0.1) is 5.21 Å². The van der Waals surface area contributed by atoms with E-state index in [1.807, 2.05) is 0 Å². The Hall–Kier alpha value is -6.44. The van der Waals surface area contributed by atoms with Crippen molar-refractivity contribution in [3.05, 3.63) is 58.8 Å². The number of amides is 1. The van der Waals surface area contributed by atoms with E-state index in [9.17, 15) is 28.0 Å². The molecule has 3 aromatic carbocycles. The highest BCUT2D eigenvalue weighted by molar-refractivity contribution is 7.91. The lowest BCUT2D eigenvalue weighted by Crippen LogP contribution is -2.31. The Morgan fingerprint density at radius 1 is 0.907 bits per heavy atom. The summed E-state index contributed by atoms with van der Waals surface area (Å²) in [5.74, 6) is -1.79. The van der Waals surface area contributed by atoms with Crippen LogP contribution in [0.1, 0.15) is 40.5 Å². The maximum atomic E-state index is 13.8. The minimum Gasteiger partial charge on any atom is -0.493 e. The second-order valence-electron chi connectivity index (χ2n) is 11.4. The third-order valence-electron chi connectivity index (χ3n) is 8.12. The molecule has 0 fully saturated rings. The molecule has 3 heterocycles. The van der Waals surface area contributed by atoms with Crippen LogP contribution in [-0.2, 0) is 24.1 Å². The molecule has 0 radical (unpaired) electrons. The molecule has 1 atom stereocenters. The van der Waals surface area contributed by atoms with Gasteiger partial charge in [-0.2, -0.15) is 0 Å². The van der Waals surface area contributed by atoms with Crippen LogP contribution in [0.4, 0.5) is 0 Å². The van der Waals surface area contributed by atoms with Gasteiger partial charge in [-0.05, 0) is 36.1 Å². The number of nitrogens with one attached hydrogen (secondary N) is 1. The third kappa shape index (κ3) is 7.14. The van der Waals surface area contributed by atoms with E-state index in [2.05, 4.69) is 15.1 Å².